The summed E-state index contributed by atoms with van der Waals surface area (Å²) in [6.07, 6.45) is 18.4. The summed E-state index contributed by atoms with van der Waals surface area (Å²) in [6.45, 7) is 4.72. The molecule has 0 amide bonds. The van der Waals surface area contributed by atoms with Gasteiger partial charge >= 0.3 is 0 Å². The Balaban J connectivity index is 1.31. The summed E-state index contributed by atoms with van der Waals surface area (Å²) in [5.41, 5.74) is 3.68. The molecule has 1 aromatic heterocycles. The predicted octanol–water partition coefficient (Wildman–Crippen LogP) is 5.88. The maximum Gasteiger partial charge on any atom is 0.165 e. The van der Waals surface area contributed by atoms with Crippen LogP contribution in [0.3, 0.4) is 0 Å². The van der Waals surface area contributed by atoms with Crippen LogP contribution in [0.15, 0.2) is 29.5 Å². The van der Waals surface area contributed by atoms with Gasteiger partial charge < -0.3 is 5.11 Å². The number of hydrogen-bond donors (Lipinski definition) is 1. The molecule has 4 heteroatoms. The number of aliphatic hydroxyl groups is 1. The number of Topliss-reactive ketones (excluding diaryl/α,β-unsaturated/α-hetero) is 1. The summed E-state index contributed by atoms with van der Waals surface area (Å²) in [6, 6.07) is 2.59. The number of aliphatic hydroxyl groups excluding tert-OH is 1. The summed E-state index contributed by atoms with van der Waals surface area (Å²) in [4.78, 5) is 13.8. The van der Waals surface area contributed by atoms with Gasteiger partial charge in [0.05, 0.1) is 17.8 Å². The van der Waals surface area contributed by atoms with E-state index < -0.39 is 0 Å². The van der Waals surface area contributed by atoms with E-state index in [1.807, 2.05) is 6.20 Å². The second-order valence-corrected chi connectivity index (χ2v) is 12.0. The molecule has 0 saturated heterocycles. The number of nitrogens with zero attached hydrogens (tertiary/aromatic N) is 2. The fraction of sp³-hybridized carbons (Fsp3) is 0.714. The van der Waals surface area contributed by atoms with E-state index >= 15 is 0 Å². The Hall–Kier alpha value is -1.68. The van der Waals surface area contributed by atoms with Crippen molar-refractivity contribution in [3.63, 3.8) is 0 Å². The first kappa shape index (κ1) is 20.9. The number of rotatable bonds is 2. The molecule has 5 aliphatic carbocycles. The zero-order valence-electron chi connectivity index (χ0n) is 19.7. The van der Waals surface area contributed by atoms with Gasteiger partial charge in [0.15, 0.2) is 5.78 Å². The van der Waals surface area contributed by atoms with Gasteiger partial charge in [-0.2, -0.15) is 5.10 Å². The second-order valence-electron chi connectivity index (χ2n) is 12.0. The lowest BCUT2D eigenvalue weighted by atomic mass is 9.48. The van der Waals surface area contributed by atoms with Crippen LogP contribution in [0.2, 0.25) is 0 Å². The Morgan fingerprint density at radius 3 is 2.66 bits per heavy atom. The van der Waals surface area contributed by atoms with E-state index in [2.05, 4.69) is 41.8 Å². The van der Waals surface area contributed by atoms with Crippen molar-refractivity contribution in [2.45, 2.75) is 96.6 Å². The van der Waals surface area contributed by atoms with Crippen molar-refractivity contribution in [3.05, 3.63) is 35.2 Å². The third kappa shape index (κ3) is 2.97. The maximum absolute atomic E-state index is 13.8. The molecule has 0 unspecified atom stereocenters. The lowest BCUT2D eigenvalue weighted by Gasteiger charge is -2.56. The van der Waals surface area contributed by atoms with Crippen molar-refractivity contribution >= 4 is 11.9 Å². The third-order valence-corrected chi connectivity index (χ3v) is 10.4. The average Bonchev–Trinajstić information content (AvgIpc) is 3.50. The normalized spacial score (nSPS) is 43.2. The smallest absolute Gasteiger partial charge is 0.165 e. The van der Waals surface area contributed by atoms with Gasteiger partial charge in [-0.25, -0.2) is 0 Å². The molecular formula is C28H38N2O2. The molecule has 1 N–H and O–H groups in total. The van der Waals surface area contributed by atoms with Crippen molar-refractivity contribution in [2.24, 2.45) is 28.6 Å². The standard InChI is InChI=1S/C28H38N2O2/c1-27-12-9-22(31)17-19(27)7-8-23-24(27)10-13-28(2)25(23)16-18(26(28)32)15-21-11-14-29-30(21)20-5-3-4-6-20/h7,11,14-15,20,22-25,31H,3-6,8-10,12-13,16-17H2,1-2H3/b18-15+/t22-,23+,24-,25-,27-,28-/m0/s1. The minimum atomic E-state index is -0.207. The topological polar surface area (TPSA) is 55.1 Å². The summed E-state index contributed by atoms with van der Waals surface area (Å²) < 4.78 is 2.18. The minimum Gasteiger partial charge on any atom is -0.393 e. The SMILES string of the molecule is C[C@]12CC[C@H](O)CC1=CC[C@@H]1[C@@H]2CC[C@]2(C)C(=O)/C(=C/c3ccnn3C3CCCC3)C[C@@H]12. The van der Waals surface area contributed by atoms with E-state index in [1.54, 1.807) is 0 Å². The molecule has 0 aromatic carbocycles. The first-order chi connectivity index (χ1) is 15.4. The molecule has 6 atom stereocenters. The molecule has 4 saturated carbocycles. The second kappa shape index (κ2) is 7.41. The van der Waals surface area contributed by atoms with Crippen molar-refractivity contribution in [1.82, 2.24) is 9.78 Å². The van der Waals surface area contributed by atoms with Gasteiger partial charge in [0.2, 0.25) is 0 Å². The van der Waals surface area contributed by atoms with Gasteiger partial charge in [0.1, 0.15) is 0 Å². The highest BCUT2D eigenvalue weighted by atomic mass is 16.3. The molecule has 0 bridgehead atoms. The molecule has 4 fully saturated rings. The van der Waals surface area contributed by atoms with Crippen LogP contribution < -0.4 is 0 Å². The highest BCUT2D eigenvalue weighted by Crippen LogP contribution is 2.64. The molecule has 0 spiro atoms. The average molecular weight is 435 g/mol. The van der Waals surface area contributed by atoms with Crippen LogP contribution >= 0.6 is 0 Å². The van der Waals surface area contributed by atoms with Crippen molar-refractivity contribution in [3.8, 4) is 0 Å². The van der Waals surface area contributed by atoms with E-state index in [0.717, 1.165) is 56.2 Å². The minimum absolute atomic E-state index is 0.160. The molecule has 1 aromatic rings. The van der Waals surface area contributed by atoms with Gasteiger partial charge in [-0.1, -0.05) is 38.3 Å². The Labute approximate surface area is 192 Å². The van der Waals surface area contributed by atoms with E-state index in [4.69, 9.17) is 0 Å². The molecule has 172 valence electrons. The number of aromatic nitrogens is 2. The maximum atomic E-state index is 13.8. The van der Waals surface area contributed by atoms with Crippen molar-refractivity contribution in [1.29, 1.82) is 0 Å². The Morgan fingerprint density at radius 1 is 1.06 bits per heavy atom. The first-order valence-electron chi connectivity index (χ1n) is 13.1. The predicted molar refractivity (Wildman–Crippen MR) is 126 cm³/mol. The summed E-state index contributed by atoms with van der Waals surface area (Å²) in [5, 5.41) is 14.9. The summed E-state index contributed by atoms with van der Waals surface area (Å²) in [7, 11) is 0. The molecule has 0 radical (unpaired) electrons. The number of carbonyl (C=O) groups is 1. The van der Waals surface area contributed by atoms with Crippen LogP contribution in [0, 0.1) is 28.6 Å². The molecule has 0 aliphatic heterocycles. The van der Waals surface area contributed by atoms with Crippen molar-refractivity contribution in [2.75, 3.05) is 0 Å². The zero-order valence-corrected chi connectivity index (χ0v) is 19.7. The monoisotopic (exact) mass is 434 g/mol. The van der Waals surface area contributed by atoms with E-state index in [1.165, 1.54) is 31.3 Å². The number of ketones is 1. The lowest BCUT2D eigenvalue weighted by Crippen LogP contribution is -2.50. The molecule has 4 nitrogen and oxygen atoms in total. The van der Waals surface area contributed by atoms with Gasteiger partial charge in [-0.3, -0.25) is 9.48 Å². The Morgan fingerprint density at radius 2 is 1.84 bits per heavy atom. The van der Waals surface area contributed by atoms with Crippen LogP contribution in [0.5, 0.6) is 0 Å². The molecular weight excluding hydrogens is 396 g/mol. The van der Waals surface area contributed by atoms with E-state index in [-0.39, 0.29) is 16.9 Å². The highest BCUT2D eigenvalue weighted by Gasteiger charge is 2.59. The summed E-state index contributed by atoms with van der Waals surface area (Å²) in [5.74, 6) is 2.10. The first-order valence-corrected chi connectivity index (χ1v) is 13.1. The number of hydrogen-bond acceptors (Lipinski definition) is 3. The van der Waals surface area contributed by atoms with Gasteiger partial charge in [-0.15, -0.1) is 0 Å². The Bertz CT molecular complexity index is 983. The van der Waals surface area contributed by atoms with E-state index in [0.29, 0.717) is 29.6 Å². The van der Waals surface area contributed by atoms with Crippen LogP contribution in [-0.2, 0) is 4.79 Å². The van der Waals surface area contributed by atoms with E-state index in [9.17, 15) is 9.90 Å². The lowest BCUT2D eigenvalue weighted by molar-refractivity contribution is -0.130. The largest absolute Gasteiger partial charge is 0.393 e. The fourth-order valence-electron chi connectivity index (χ4n) is 8.51. The molecule has 6 rings (SSSR count). The molecule has 32 heavy (non-hydrogen) atoms. The fourth-order valence-corrected chi connectivity index (χ4v) is 8.51. The molecule has 5 aliphatic rings. The van der Waals surface area contributed by atoms with Crippen molar-refractivity contribution < 1.29 is 9.90 Å². The zero-order chi connectivity index (χ0) is 22.1. The van der Waals surface area contributed by atoms with Gasteiger partial charge in [-0.05, 0) is 98.7 Å². The van der Waals surface area contributed by atoms with Crippen LogP contribution in [-0.4, -0.2) is 26.8 Å². The van der Waals surface area contributed by atoms with Crippen LogP contribution in [0.1, 0.15) is 96.2 Å². The highest BCUT2D eigenvalue weighted by molar-refractivity contribution is 6.05. The van der Waals surface area contributed by atoms with Gasteiger partial charge in [0.25, 0.3) is 0 Å². The third-order valence-electron chi connectivity index (χ3n) is 10.4. The number of fused-ring (bicyclic) bond motifs is 5. The summed E-state index contributed by atoms with van der Waals surface area (Å²) >= 11 is 0. The van der Waals surface area contributed by atoms with Crippen LogP contribution in [0.4, 0.5) is 0 Å². The quantitative estimate of drug-likeness (QED) is 0.467. The number of allylic oxidation sites excluding steroid dienone is 2. The molecule has 1 heterocycles. The van der Waals surface area contributed by atoms with Crippen LogP contribution in [0.25, 0.3) is 6.08 Å². The van der Waals surface area contributed by atoms with Gasteiger partial charge in [0, 0.05) is 11.6 Å². The number of carbonyl (C=O) groups excluding carboxylic acids is 1. The Kier molecular flexibility index (Phi) is 4.84.